The van der Waals surface area contributed by atoms with Crippen molar-refractivity contribution in [2.24, 2.45) is 7.05 Å². The van der Waals surface area contributed by atoms with E-state index in [0.29, 0.717) is 17.5 Å². The van der Waals surface area contributed by atoms with Gasteiger partial charge in [-0.2, -0.15) is 5.10 Å². The summed E-state index contributed by atoms with van der Waals surface area (Å²) >= 11 is 0. The van der Waals surface area contributed by atoms with Crippen LogP contribution in [0.2, 0.25) is 0 Å². The number of fused-ring (bicyclic) bond motifs is 1. The zero-order chi connectivity index (χ0) is 28.6. The summed E-state index contributed by atoms with van der Waals surface area (Å²) in [6, 6.07) is 10.2. The number of likely N-dealkylation sites (tertiary alicyclic amines) is 1. The molecule has 40 heavy (non-hydrogen) atoms. The molecule has 2 aromatic heterocycles. The number of hydrogen-bond donors (Lipinski definition) is 1. The quantitative estimate of drug-likeness (QED) is 0.359. The fourth-order valence-corrected chi connectivity index (χ4v) is 5.48. The van der Waals surface area contributed by atoms with E-state index in [-0.39, 0.29) is 22.6 Å². The molecule has 1 saturated heterocycles. The molecule has 0 unspecified atom stereocenters. The van der Waals surface area contributed by atoms with Crippen molar-refractivity contribution in [3.05, 3.63) is 60.3 Å². The Bertz CT molecular complexity index is 1540. The minimum atomic E-state index is -0.527. The third-order valence-corrected chi connectivity index (χ3v) is 7.77. The zero-order valence-electron chi connectivity index (χ0n) is 23.9. The van der Waals surface area contributed by atoms with Crippen LogP contribution in [0.5, 0.6) is 5.75 Å². The topological polar surface area (TPSA) is 88.4 Å². The molecular weight excluding hydrogens is 509 g/mol. The van der Waals surface area contributed by atoms with Gasteiger partial charge in [0.25, 0.3) is 5.91 Å². The van der Waals surface area contributed by atoms with Crippen LogP contribution in [0.15, 0.2) is 48.8 Å². The Labute approximate surface area is 234 Å². The van der Waals surface area contributed by atoms with Crippen LogP contribution in [0.1, 0.15) is 44.1 Å². The number of halogens is 1. The number of carbonyl (C=O) groups excluding carboxylic acids is 1. The van der Waals surface area contributed by atoms with Gasteiger partial charge in [-0.15, -0.1) is 0 Å². The second kappa shape index (κ2) is 10.8. The Balaban J connectivity index is 1.46. The molecule has 210 valence electrons. The number of benzene rings is 2. The Kier molecular flexibility index (Phi) is 7.46. The molecule has 3 heterocycles. The first kappa shape index (κ1) is 27.5. The summed E-state index contributed by atoms with van der Waals surface area (Å²) in [4.78, 5) is 26.9. The summed E-state index contributed by atoms with van der Waals surface area (Å²) in [7, 11) is 5.45. The van der Waals surface area contributed by atoms with Crippen LogP contribution in [-0.2, 0) is 7.05 Å². The standard InChI is InChI=1S/C30H36FN7O2/c1-30(2,3)38-16-13-19(14-17-38)36(4)27-20-18-33-37(5)24(20)11-10-22(27)35-29(39)23-12-15-32-28(34-23)26-21(31)8-7-9-25(26)40-6/h7-12,15,18-19H,13-14,16-17H2,1-6H3,(H,35,39). The molecule has 0 atom stereocenters. The third-order valence-electron chi connectivity index (χ3n) is 7.77. The van der Waals surface area contributed by atoms with E-state index < -0.39 is 11.7 Å². The van der Waals surface area contributed by atoms with Gasteiger partial charge in [0.05, 0.1) is 35.8 Å². The first-order valence-corrected chi connectivity index (χ1v) is 13.5. The maximum absolute atomic E-state index is 14.7. The van der Waals surface area contributed by atoms with Gasteiger partial charge in [0.15, 0.2) is 5.82 Å². The van der Waals surface area contributed by atoms with Gasteiger partial charge in [0.1, 0.15) is 17.3 Å². The minimum absolute atomic E-state index is 0.0771. The van der Waals surface area contributed by atoms with Crippen molar-refractivity contribution in [1.29, 1.82) is 0 Å². The predicted molar refractivity (Wildman–Crippen MR) is 155 cm³/mol. The molecule has 4 aromatic rings. The Hall–Kier alpha value is -4.05. The molecule has 0 bridgehead atoms. The van der Waals surface area contributed by atoms with Gasteiger partial charge < -0.3 is 15.0 Å². The lowest BCUT2D eigenvalue weighted by molar-refractivity contribution is 0.101. The van der Waals surface area contributed by atoms with E-state index in [1.54, 1.807) is 12.1 Å². The highest BCUT2D eigenvalue weighted by atomic mass is 19.1. The molecular formula is C30H36FN7O2. The number of nitrogens with one attached hydrogen (secondary N) is 1. The maximum atomic E-state index is 14.7. The smallest absolute Gasteiger partial charge is 0.274 e. The second-order valence-electron chi connectivity index (χ2n) is 11.2. The van der Waals surface area contributed by atoms with Crippen LogP contribution in [0.3, 0.4) is 0 Å². The molecule has 1 N–H and O–H groups in total. The third kappa shape index (κ3) is 5.23. The number of aromatic nitrogens is 4. The number of amides is 1. The number of aryl methyl sites for hydroxylation is 1. The fourth-order valence-electron chi connectivity index (χ4n) is 5.48. The van der Waals surface area contributed by atoms with Gasteiger partial charge >= 0.3 is 0 Å². The van der Waals surface area contributed by atoms with Crippen LogP contribution in [-0.4, -0.2) is 69.4 Å². The predicted octanol–water partition coefficient (Wildman–Crippen LogP) is 5.13. The van der Waals surface area contributed by atoms with Crippen LogP contribution in [0, 0.1) is 5.82 Å². The molecule has 0 spiro atoms. The summed E-state index contributed by atoms with van der Waals surface area (Å²) in [5.74, 6) is -0.575. The first-order chi connectivity index (χ1) is 19.1. The molecule has 9 nitrogen and oxygen atoms in total. The van der Waals surface area contributed by atoms with E-state index >= 15 is 0 Å². The van der Waals surface area contributed by atoms with Crippen molar-refractivity contribution in [1.82, 2.24) is 24.6 Å². The largest absolute Gasteiger partial charge is 0.496 e. The Morgan fingerprint density at radius 3 is 2.60 bits per heavy atom. The monoisotopic (exact) mass is 545 g/mol. The Morgan fingerprint density at radius 2 is 1.90 bits per heavy atom. The normalized spacial score (nSPS) is 14.9. The SMILES string of the molecule is COc1cccc(F)c1-c1nccc(C(=O)Nc2ccc3c(cnn3C)c2N(C)C2CCN(C(C)(C)C)CC2)n1. The lowest BCUT2D eigenvalue weighted by Crippen LogP contribution is -2.50. The van der Waals surface area contributed by atoms with Crippen molar-refractivity contribution in [3.63, 3.8) is 0 Å². The summed E-state index contributed by atoms with van der Waals surface area (Å²) in [6.07, 6.45) is 5.31. The minimum Gasteiger partial charge on any atom is -0.496 e. The van der Waals surface area contributed by atoms with Gasteiger partial charge in [-0.05, 0) is 63.9 Å². The number of anilines is 2. The number of rotatable bonds is 6. The van der Waals surface area contributed by atoms with Crippen LogP contribution < -0.4 is 15.0 Å². The van der Waals surface area contributed by atoms with Gasteiger partial charge in [-0.3, -0.25) is 14.4 Å². The van der Waals surface area contributed by atoms with E-state index in [0.717, 1.165) is 42.5 Å². The number of hydrogen-bond acceptors (Lipinski definition) is 7. The number of ether oxygens (including phenoxy) is 1. The molecule has 0 saturated carbocycles. The lowest BCUT2D eigenvalue weighted by Gasteiger charge is -2.44. The summed E-state index contributed by atoms with van der Waals surface area (Å²) in [5, 5.41) is 8.50. The Morgan fingerprint density at radius 1 is 1.15 bits per heavy atom. The summed E-state index contributed by atoms with van der Waals surface area (Å²) in [6.45, 7) is 8.77. The van der Waals surface area contributed by atoms with E-state index in [4.69, 9.17) is 4.74 Å². The first-order valence-electron chi connectivity index (χ1n) is 13.5. The van der Waals surface area contributed by atoms with E-state index in [9.17, 15) is 9.18 Å². The number of carbonyl (C=O) groups is 1. The number of nitrogens with zero attached hydrogens (tertiary/aromatic N) is 6. The second-order valence-corrected chi connectivity index (χ2v) is 11.2. The molecule has 1 amide bonds. The molecule has 0 radical (unpaired) electrons. The molecule has 1 aliphatic rings. The highest BCUT2D eigenvalue weighted by Crippen LogP contribution is 2.37. The fraction of sp³-hybridized carbons (Fsp3) is 0.400. The molecule has 1 aliphatic heterocycles. The maximum Gasteiger partial charge on any atom is 0.274 e. The van der Waals surface area contributed by atoms with Crippen molar-refractivity contribution < 1.29 is 13.9 Å². The van der Waals surface area contributed by atoms with Gasteiger partial charge in [0, 0.05) is 50.3 Å². The molecule has 10 heteroatoms. The summed E-state index contributed by atoms with van der Waals surface area (Å²) in [5.41, 5.74) is 2.91. The molecule has 5 rings (SSSR count). The van der Waals surface area contributed by atoms with Gasteiger partial charge in [0.2, 0.25) is 0 Å². The molecule has 2 aromatic carbocycles. The average molecular weight is 546 g/mol. The lowest BCUT2D eigenvalue weighted by atomic mass is 9.96. The number of methoxy groups -OCH3 is 1. The number of piperidine rings is 1. The highest BCUT2D eigenvalue weighted by Gasteiger charge is 2.30. The van der Waals surface area contributed by atoms with Crippen LogP contribution in [0.4, 0.5) is 15.8 Å². The molecule has 1 fully saturated rings. The van der Waals surface area contributed by atoms with Gasteiger partial charge in [-0.1, -0.05) is 6.07 Å². The van der Waals surface area contributed by atoms with Crippen LogP contribution in [0.25, 0.3) is 22.3 Å². The van der Waals surface area contributed by atoms with Gasteiger partial charge in [-0.25, -0.2) is 14.4 Å². The van der Waals surface area contributed by atoms with E-state index in [1.807, 2.05) is 30.1 Å². The van der Waals surface area contributed by atoms with Crippen molar-refractivity contribution in [2.45, 2.75) is 45.2 Å². The zero-order valence-corrected chi connectivity index (χ0v) is 23.9. The van der Waals surface area contributed by atoms with E-state index in [1.165, 1.54) is 25.4 Å². The van der Waals surface area contributed by atoms with Crippen LogP contribution >= 0.6 is 0 Å². The molecule has 0 aliphatic carbocycles. The van der Waals surface area contributed by atoms with Crippen molar-refractivity contribution >= 4 is 28.2 Å². The van der Waals surface area contributed by atoms with E-state index in [2.05, 4.69) is 58.0 Å². The van der Waals surface area contributed by atoms with Crippen molar-refractivity contribution in [2.75, 3.05) is 37.5 Å². The average Bonchev–Trinajstić information content (AvgIpc) is 3.32. The highest BCUT2D eigenvalue weighted by molar-refractivity contribution is 6.09. The van der Waals surface area contributed by atoms with Crippen molar-refractivity contribution in [3.8, 4) is 17.1 Å². The summed E-state index contributed by atoms with van der Waals surface area (Å²) < 4.78 is 21.8.